The van der Waals surface area contributed by atoms with E-state index < -0.39 is 11.0 Å². The summed E-state index contributed by atoms with van der Waals surface area (Å²) in [6.45, 7) is 9.01. The molecule has 1 heterocycles. The number of hydrogen-bond acceptors (Lipinski definition) is 5. The minimum atomic E-state index is -0.912. The molecular weight excluding hydrogens is 476 g/mol. The molecular formula is C32H42N2O4. The highest BCUT2D eigenvalue weighted by Gasteiger charge is 2.58. The van der Waals surface area contributed by atoms with Gasteiger partial charge in [-0.05, 0) is 86.7 Å². The first-order valence-electron chi connectivity index (χ1n) is 14.3. The molecule has 1 amide bonds. The van der Waals surface area contributed by atoms with Crippen LogP contribution in [0.2, 0.25) is 0 Å². The maximum atomic E-state index is 13.8. The van der Waals surface area contributed by atoms with E-state index in [1.165, 1.54) is 19.8 Å². The summed E-state index contributed by atoms with van der Waals surface area (Å²) in [5.74, 6) is 1.30. The molecule has 1 saturated heterocycles. The molecule has 6 nitrogen and oxygen atoms in total. The highest BCUT2D eigenvalue weighted by molar-refractivity contribution is 5.94. The Labute approximate surface area is 227 Å². The largest absolute Gasteiger partial charge is 0.427 e. The number of likely N-dealkylation sites (tertiary alicyclic amines) is 1. The van der Waals surface area contributed by atoms with Crippen molar-refractivity contribution < 1.29 is 19.4 Å². The predicted octanol–water partition coefficient (Wildman–Crippen LogP) is 5.05. The standard InChI is InChI=1S/C32H42N2O4/c1-23(2)20-34(30(36)26-8-5-4-6-9-26)28-14-15-32(37)22-33(21-25-12-13-25)17-16-31(32,19-28)27-10-7-11-29(18-27)38-24(3)35/h4-11,18,23,25,28,37H,12-17,19-22H2,1-3H3/t28-,31?,32?/m0/s1. The lowest BCUT2D eigenvalue weighted by atomic mass is 9.55. The minimum absolute atomic E-state index is 0.0118. The summed E-state index contributed by atoms with van der Waals surface area (Å²) in [7, 11) is 0. The fourth-order valence-electron chi connectivity index (χ4n) is 6.88. The van der Waals surface area contributed by atoms with Crippen LogP contribution in [0, 0.1) is 11.8 Å². The molecule has 5 rings (SSSR count). The number of esters is 1. The van der Waals surface area contributed by atoms with Crippen LogP contribution in [-0.4, -0.2) is 64.6 Å². The summed E-state index contributed by atoms with van der Waals surface area (Å²) >= 11 is 0. The number of carbonyl (C=O) groups excluding carboxylic acids is 2. The molecule has 1 N–H and O–H groups in total. The van der Waals surface area contributed by atoms with Crippen LogP contribution < -0.4 is 4.74 Å². The number of hydrogen-bond donors (Lipinski definition) is 1. The van der Waals surface area contributed by atoms with Crippen molar-refractivity contribution >= 4 is 11.9 Å². The SMILES string of the molecule is CC(=O)Oc1cccc(C23CCN(CC4CC4)CC2(O)CC[C@H](N(CC(C)C)C(=O)c2ccccc2)C3)c1. The zero-order valence-corrected chi connectivity index (χ0v) is 23.1. The van der Waals surface area contributed by atoms with Crippen LogP contribution in [0.3, 0.4) is 0 Å². The summed E-state index contributed by atoms with van der Waals surface area (Å²) in [6.07, 6.45) is 5.48. The van der Waals surface area contributed by atoms with E-state index in [0.29, 0.717) is 43.2 Å². The summed E-state index contributed by atoms with van der Waals surface area (Å²) in [5.41, 5.74) is 0.272. The predicted molar refractivity (Wildman–Crippen MR) is 148 cm³/mol. The number of ether oxygens (including phenoxy) is 1. The smallest absolute Gasteiger partial charge is 0.308 e. The van der Waals surface area contributed by atoms with Crippen molar-refractivity contribution in [2.45, 2.75) is 76.4 Å². The molecule has 2 aromatic carbocycles. The van der Waals surface area contributed by atoms with Gasteiger partial charge in [-0.3, -0.25) is 9.59 Å². The Balaban J connectivity index is 1.51. The van der Waals surface area contributed by atoms with Gasteiger partial charge in [0, 0.05) is 43.6 Å². The van der Waals surface area contributed by atoms with Gasteiger partial charge in [0.2, 0.25) is 0 Å². The Kier molecular flexibility index (Phi) is 7.65. The second-order valence-corrected chi connectivity index (χ2v) is 12.3. The van der Waals surface area contributed by atoms with E-state index in [1.54, 1.807) is 6.07 Å². The lowest BCUT2D eigenvalue weighted by molar-refractivity contribution is -0.134. The molecule has 3 aliphatic rings. The Morgan fingerprint density at radius 2 is 1.84 bits per heavy atom. The summed E-state index contributed by atoms with van der Waals surface area (Å²) in [5, 5.41) is 12.5. The van der Waals surface area contributed by atoms with Gasteiger partial charge in [0.1, 0.15) is 5.75 Å². The first-order valence-corrected chi connectivity index (χ1v) is 14.3. The van der Waals surface area contributed by atoms with Crippen molar-refractivity contribution in [2.75, 3.05) is 26.2 Å². The molecule has 0 radical (unpaired) electrons. The molecule has 3 atom stereocenters. The van der Waals surface area contributed by atoms with Crippen molar-refractivity contribution in [1.29, 1.82) is 0 Å². The molecule has 3 fully saturated rings. The second-order valence-electron chi connectivity index (χ2n) is 12.3. The van der Waals surface area contributed by atoms with Gasteiger partial charge in [0.15, 0.2) is 0 Å². The third kappa shape index (κ3) is 5.52. The first-order chi connectivity index (χ1) is 18.2. The number of fused-ring (bicyclic) bond motifs is 1. The molecule has 0 spiro atoms. The summed E-state index contributed by atoms with van der Waals surface area (Å²) < 4.78 is 5.46. The highest BCUT2D eigenvalue weighted by atomic mass is 16.5. The van der Waals surface area contributed by atoms with Crippen molar-refractivity contribution in [1.82, 2.24) is 9.80 Å². The van der Waals surface area contributed by atoms with Crippen molar-refractivity contribution in [3.05, 3.63) is 65.7 Å². The second kappa shape index (κ2) is 10.8. The zero-order chi connectivity index (χ0) is 26.9. The van der Waals surface area contributed by atoms with E-state index in [-0.39, 0.29) is 17.9 Å². The fourth-order valence-corrected chi connectivity index (χ4v) is 6.88. The Hall–Kier alpha value is -2.70. The first kappa shape index (κ1) is 26.9. The quantitative estimate of drug-likeness (QED) is 0.391. The lowest BCUT2D eigenvalue weighted by Gasteiger charge is -2.59. The summed E-state index contributed by atoms with van der Waals surface area (Å²) in [4.78, 5) is 30.1. The average molecular weight is 519 g/mol. The van der Waals surface area contributed by atoms with Crippen LogP contribution in [0.15, 0.2) is 54.6 Å². The van der Waals surface area contributed by atoms with Crippen molar-refractivity contribution in [3.63, 3.8) is 0 Å². The molecule has 2 aromatic rings. The van der Waals surface area contributed by atoms with Crippen LogP contribution in [-0.2, 0) is 10.2 Å². The van der Waals surface area contributed by atoms with E-state index in [9.17, 15) is 14.7 Å². The molecule has 2 aliphatic carbocycles. The highest BCUT2D eigenvalue weighted by Crippen LogP contribution is 2.53. The van der Waals surface area contributed by atoms with Gasteiger partial charge < -0.3 is 19.6 Å². The molecule has 0 bridgehead atoms. The fraction of sp³-hybridized carbons (Fsp3) is 0.562. The maximum Gasteiger partial charge on any atom is 0.308 e. The number of nitrogens with zero attached hydrogens (tertiary/aromatic N) is 2. The van der Waals surface area contributed by atoms with E-state index in [0.717, 1.165) is 37.4 Å². The van der Waals surface area contributed by atoms with Crippen LogP contribution in [0.1, 0.15) is 75.2 Å². The third-order valence-corrected chi connectivity index (χ3v) is 8.85. The number of aliphatic hydroxyl groups is 1. The van der Waals surface area contributed by atoms with Gasteiger partial charge in [0.25, 0.3) is 5.91 Å². The minimum Gasteiger partial charge on any atom is -0.427 e. The molecule has 38 heavy (non-hydrogen) atoms. The molecule has 2 unspecified atom stereocenters. The number of piperidine rings is 1. The molecule has 204 valence electrons. The topological polar surface area (TPSA) is 70.1 Å². The molecule has 2 saturated carbocycles. The number of rotatable bonds is 8. The third-order valence-electron chi connectivity index (χ3n) is 8.85. The summed E-state index contributed by atoms with van der Waals surface area (Å²) in [6, 6.07) is 17.3. The van der Waals surface area contributed by atoms with Gasteiger partial charge in [0.05, 0.1) is 5.60 Å². The number of carbonyl (C=O) groups is 2. The Morgan fingerprint density at radius 1 is 1.08 bits per heavy atom. The lowest BCUT2D eigenvalue weighted by Crippen LogP contribution is -2.67. The Morgan fingerprint density at radius 3 is 2.53 bits per heavy atom. The molecule has 0 aromatic heterocycles. The van der Waals surface area contributed by atoms with Crippen LogP contribution in [0.25, 0.3) is 0 Å². The number of β-amino-alcohol motifs (C(OH)–C–C–N with tert-alkyl or cyclic N) is 1. The van der Waals surface area contributed by atoms with Gasteiger partial charge in [-0.15, -0.1) is 0 Å². The van der Waals surface area contributed by atoms with E-state index in [1.807, 2.05) is 42.5 Å². The van der Waals surface area contributed by atoms with E-state index in [4.69, 9.17) is 4.74 Å². The van der Waals surface area contributed by atoms with Crippen LogP contribution in [0.4, 0.5) is 0 Å². The molecule has 1 aliphatic heterocycles. The van der Waals surface area contributed by atoms with E-state index in [2.05, 4.69) is 29.7 Å². The maximum absolute atomic E-state index is 13.8. The monoisotopic (exact) mass is 518 g/mol. The van der Waals surface area contributed by atoms with Crippen LogP contribution in [0.5, 0.6) is 5.75 Å². The van der Waals surface area contributed by atoms with Gasteiger partial charge in [-0.2, -0.15) is 0 Å². The van der Waals surface area contributed by atoms with Crippen molar-refractivity contribution in [2.24, 2.45) is 11.8 Å². The average Bonchev–Trinajstić information content (AvgIpc) is 3.70. The van der Waals surface area contributed by atoms with E-state index >= 15 is 0 Å². The van der Waals surface area contributed by atoms with Gasteiger partial charge in [-0.25, -0.2) is 0 Å². The zero-order valence-electron chi connectivity index (χ0n) is 23.1. The number of amides is 1. The number of benzene rings is 2. The normalized spacial score (nSPS) is 27.6. The van der Waals surface area contributed by atoms with Crippen LogP contribution >= 0.6 is 0 Å². The van der Waals surface area contributed by atoms with Crippen molar-refractivity contribution in [3.8, 4) is 5.75 Å². The molecule has 6 heteroatoms. The van der Waals surface area contributed by atoms with Gasteiger partial charge >= 0.3 is 5.97 Å². The van der Waals surface area contributed by atoms with Gasteiger partial charge in [-0.1, -0.05) is 44.2 Å². The Bertz CT molecular complexity index is 1150.